The smallest absolute Gasteiger partial charge is 0.281 e. The number of aryl methyl sites for hydroxylation is 1. The largest absolute Gasteiger partial charge is 0.342 e. The first-order chi connectivity index (χ1) is 11.8. The van der Waals surface area contributed by atoms with Gasteiger partial charge < -0.3 is 4.98 Å². The van der Waals surface area contributed by atoms with Gasteiger partial charge in [0.1, 0.15) is 5.82 Å². The number of aromatic nitrogens is 2. The highest BCUT2D eigenvalue weighted by Crippen LogP contribution is 2.29. The Morgan fingerprint density at radius 3 is 2.88 bits per heavy atom. The van der Waals surface area contributed by atoms with Crippen LogP contribution in [-0.2, 0) is 10.2 Å². The monoisotopic (exact) mass is 364 g/mol. The third kappa shape index (κ3) is 3.88. The van der Waals surface area contributed by atoms with Crippen LogP contribution in [0.3, 0.4) is 0 Å². The molecule has 0 bridgehead atoms. The van der Waals surface area contributed by atoms with Gasteiger partial charge in [-0.2, -0.15) is 17.0 Å². The van der Waals surface area contributed by atoms with Crippen molar-refractivity contribution in [2.75, 3.05) is 26.7 Å². The summed E-state index contributed by atoms with van der Waals surface area (Å²) < 4.78 is 28.8. The molecule has 6 nitrogen and oxygen atoms in total. The number of hydrogen-bond acceptors (Lipinski definition) is 3. The maximum Gasteiger partial charge on any atom is 0.281 e. The van der Waals surface area contributed by atoms with E-state index >= 15 is 0 Å². The first-order valence-electron chi connectivity index (χ1n) is 8.95. The Morgan fingerprint density at radius 2 is 2.16 bits per heavy atom. The van der Waals surface area contributed by atoms with Crippen molar-refractivity contribution in [2.45, 2.75) is 39.5 Å². The molecule has 0 amide bonds. The molecule has 1 atom stereocenters. The highest BCUT2D eigenvalue weighted by molar-refractivity contribution is 7.86. The number of benzene rings is 1. The molecule has 1 aromatic carbocycles. The summed E-state index contributed by atoms with van der Waals surface area (Å²) in [6, 6.07) is 6.14. The number of imidazole rings is 1. The van der Waals surface area contributed by atoms with Crippen molar-refractivity contribution in [3.05, 3.63) is 29.6 Å². The van der Waals surface area contributed by atoms with Crippen LogP contribution in [0, 0.1) is 12.8 Å². The number of nitrogens with one attached hydrogen (secondary N) is 1. The molecule has 0 spiro atoms. The average Bonchev–Trinajstić information content (AvgIpc) is 2.97. The van der Waals surface area contributed by atoms with Crippen molar-refractivity contribution in [2.24, 2.45) is 5.92 Å². The fourth-order valence-corrected chi connectivity index (χ4v) is 5.13. The maximum atomic E-state index is 12.8. The van der Waals surface area contributed by atoms with Gasteiger partial charge in [-0.1, -0.05) is 19.9 Å². The molecular formula is C18H28N4O2S. The van der Waals surface area contributed by atoms with E-state index in [9.17, 15) is 8.42 Å². The Bertz CT molecular complexity index is 844. The molecule has 1 aliphatic heterocycles. The van der Waals surface area contributed by atoms with Crippen LogP contribution in [0.1, 0.15) is 44.0 Å². The van der Waals surface area contributed by atoms with E-state index in [1.807, 2.05) is 26.0 Å². The van der Waals surface area contributed by atoms with Crippen molar-refractivity contribution in [1.29, 1.82) is 0 Å². The molecule has 138 valence electrons. The SMILES string of the molecule is Cc1ccc2nc(C3CCCN(S(=O)(=O)N(C)CC(C)C)C3)[nH]c2c1. The molecular weight excluding hydrogens is 336 g/mol. The predicted molar refractivity (Wildman–Crippen MR) is 101 cm³/mol. The van der Waals surface area contributed by atoms with Crippen LogP contribution in [0.5, 0.6) is 0 Å². The van der Waals surface area contributed by atoms with E-state index in [1.54, 1.807) is 11.4 Å². The van der Waals surface area contributed by atoms with Crippen molar-refractivity contribution in [1.82, 2.24) is 18.6 Å². The molecule has 3 rings (SSSR count). The number of fused-ring (bicyclic) bond motifs is 1. The first kappa shape index (κ1) is 18.4. The molecule has 1 aromatic heterocycles. The van der Waals surface area contributed by atoms with E-state index in [-0.39, 0.29) is 5.92 Å². The van der Waals surface area contributed by atoms with Crippen molar-refractivity contribution in [3.8, 4) is 0 Å². The summed E-state index contributed by atoms with van der Waals surface area (Å²) in [6.07, 6.45) is 1.81. The molecule has 1 saturated heterocycles. The van der Waals surface area contributed by atoms with Gasteiger partial charge in [0, 0.05) is 32.6 Å². The van der Waals surface area contributed by atoms with Crippen LogP contribution in [0.2, 0.25) is 0 Å². The zero-order valence-corrected chi connectivity index (χ0v) is 16.3. The quantitative estimate of drug-likeness (QED) is 0.887. The van der Waals surface area contributed by atoms with Gasteiger partial charge in [0.25, 0.3) is 10.2 Å². The lowest BCUT2D eigenvalue weighted by Crippen LogP contribution is -2.47. The second kappa shape index (κ2) is 7.05. The minimum atomic E-state index is -3.41. The van der Waals surface area contributed by atoms with E-state index in [0.717, 1.165) is 29.7 Å². The highest BCUT2D eigenvalue weighted by Gasteiger charge is 2.33. The maximum absolute atomic E-state index is 12.8. The normalized spacial score (nSPS) is 20.0. The molecule has 1 N–H and O–H groups in total. The molecule has 2 aromatic rings. The van der Waals surface area contributed by atoms with Gasteiger partial charge in [-0.25, -0.2) is 4.98 Å². The van der Waals surface area contributed by atoms with Gasteiger partial charge in [0.2, 0.25) is 0 Å². The van der Waals surface area contributed by atoms with E-state index < -0.39 is 10.2 Å². The van der Waals surface area contributed by atoms with Crippen LogP contribution in [0.4, 0.5) is 0 Å². The van der Waals surface area contributed by atoms with Crippen LogP contribution < -0.4 is 0 Å². The van der Waals surface area contributed by atoms with Gasteiger partial charge in [-0.15, -0.1) is 0 Å². The third-order valence-corrected chi connectivity index (χ3v) is 6.69. The molecule has 0 aliphatic carbocycles. The molecule has 1 unspecified atom stereocenters. The van der Waals surface area contributed by atoms with Gasteiger partial charge in [0.15, 0.2) is 0 Å². The molecule has 0 radical (unpaired) electrons. The van der Waals surface area contributed by atoms with Gasteiger partial charge in [-0.3, -0.25) is 0 Å². The fraction of sp³-hybridized carbons (Fsp3) is 0.611. The van der Waals surface area contributed by atoms with E-state index in [4.69, 9.17) is 4.98 Å². The standard InChI is InChI=1S/C18H28N4O2S/c1-13(2)11-21(4)25(23,24)22-9-5-6-15(12-22)18-19-16-8-7-14(3)10-17(16)20-18/h7-8,10,13,15H,5-6,9,11-12H2,1-4H3,(H,19,20). The van der Waals surface area contributed by atoms with Crippen LogP contribution >= 0.6 is 0 Å². The summed E-state index contributed by atoms with van der Waals surface area (Å²) in [6.45, 7) is 7.72. The summed E-state index contributed by atoms with van der Waals surface area (Å²) >= 11 is 0. The fourth-order valence-electron chi connectivity index (χ4n) is 3.52. The summed E-state index contributed by atoms with van der Waals surface area (Å²) in [4.78, 5) is 8.09. The first-order valence-corrected chi connectivity index (χ1v) is 10.3. The summed E-state index contributed by atoms with van der Waals surface area (Å²) in [5, 5.41) is 0. The zero-order chi connectivity index (χ0) is 18.2. The molecule has 25 heavy (non-hydrogen) atoms. The van der Waals surface area contributed by atoms with Gasteiger partial charge in [-0.05, 0) is 43.4 Å². The van der Waals surface area contributed by atoms with Crippen molar-refractivity contribution in [3.63, 3.8) is 0 Å². The average molecular weight is 365 g/mol. The predicted octanol–water partition coefficient (Wildman–Crippen LogP) is 2.88. The third-order valence-electron chi connectivity index (χ3n) is 4.77. The Labute approximate surface area is 150 Å². The molecule has 0 saturated carbocycles. The van der Waals surface area contributed by atoms with Gasteiger partial charge in [0.05, 0.1) is 11.0 Å². The molecule has 1 fully saturated rings. The second-order valence-electron chi connectivity index (χ2n) is 7.52. The van der Waals surface area contributed by atoms with E-state index in [1.165, 1.54) is 9.87 Å². The number of hydrogen-bond donors (Lipinski definition) is 1. The lowest BCUT2D eigenvalue weighted by atomic mass is 9.99. The Morgan fingerprint density at radius 1 is 1.40 bits per heavy atom. The van der Waals surface area contributed by atoms with Crippen LogP contribution in [0.25, 0.3) is 11.0 Å². The van der Waals surface area contributed by atoms with E-state index in [2.05, 4.69) is 18.0 Å². The minimum Gasteiger partial charge on any atom is -0.342 e. The van der Waals surface area contributed by atoms with Crippen LogP contribution in [0.15, 0.2) is 18.2 Å². The summed E-state index contributed by atoms with van der Waals surface area (Å²) in [5.41, 5.74) is 3.15. The number of piperidine rings is 1. The van der Waals surface area contributed by atoms with E-state index in [0.29, 0.717) is 25.6 Å². The Hall–Kier alpha value is -1.44. The molecule has 2 heterocycles. The minimum absolute atomic E-state index is 0.115. The topological polar surface area (TPSA) is 69.3 Å². The molecule has 7 heteroatoms. The zero-order valence-electron chi connectivity index (χ0n) is 15.5. The number of H-pyrrole nitrogens is 1. The second-order valence-corrected chi connectivity index (χ2v) is 9.56. The summed E-state index contributed by atoms with van der Waals surface area (Å²) in [5.74, 6) is 1.31. The highest BCUT2D eigenvalue weighted by atomic mass is 32.2. The van der Waals surface area contributed by atoms with Gasteiger partial charge >= 0.3 is 0 Å². The van der Waals surface area contributed by atoms with Crippen LogP contribution in [-0.4, -0.2) is 53.7 Å². The lowest BCUT2D eigenvalue weighted by molar-refractivity contribution is 0.282. The number of rotatable bonds is 5. The lowest BCUT2D eigenvalue weighted by Gasteiger charge is -2.34. The number of nitrogens with zero attached hydrogens (tertiary/aromatic N) is 3. The van der Waals surface area contributed by atoms with Crippen molar-refractivity contribution >= 4 is 21.2 Å². The summed E-state index contributed by atoms with van der Waals surface area (Å²) in [7, 11) is -1.74. The van der Waals surface area contributed by atoms with Crippen molar-refractivity contribution < 1.29 is 8.42 Å². The Balaban J connectivity index is 1.80. The Kier molecular flexibility index (Phi) is 5.18. The molecule has 1 aliphatic rings. The number of aromatic amines is 1.